The second-order valence-electron chi connectivity index (χ2n) is 5.45. The van der Waals surface area contributed by atoms with E-state index in [1.165, 1.54) is 6.26 Å². The topological polar surface area (TPSA) is 98.0 Å². The summed E-state index contributed by atoms with van der Waals surface area (Å²) in [4.78, 5) is 22.6. The molecule has 3 aromatic rings. The lowest BCUT2D eigenvalue weighted by molar-refractivity contribution is -0.139. The van der Waals surface area contributed by atoms with Crippen LogP contribution in [0.3, 0.4) is 0 Å². The molecular formula is C19H17NO6. The largest absolute Gasteiger partial charge is 0.484 e. The predicted octanol–water partition coefficient (Wildman–Crippen LogP) is 2.59. The first-order valence-corrected chi connectivity index (χ1v) is 7.91. The maximum absolute atomic E-state index is 11.9. The van der Waals surface area contributed by atoms with E-state index in [0.29, 0.717) is 17.1 Å². The number of hydrogen-bond acceptors (Lipinski definition) is 5. The first-order chi connectivity index (χ1) is 12.6. The van der Waals surface area contributed by atoms with E-state index >= 15 is 0 Å². The Kier molecular flexibility index (Phi) is 5.38. The van der Waals surface area contributed by atoms with Crippen LogP contribution < -0.4 is 14.8 Å². The molecule has 0 fully saturated rings. The fraction of sp³-hybridized carbons (Fsp3) is 0.158. The minimum Gasteiger partial charge on any atom is -0.484 e. The third-order valence-corrected chi connectivity index (χ3v) is 3.58. The summed E-state index contributed by atoms with van der Waals surface area (Å²) in [5.74, 6) is -0.368. The summed E-state index contributed by atoms with van der Waals surface area (Å²) < 4.78 is 16.1. The number of amides is 1. The van der Waals surface area contributed by atoms with Crippen LogP contribution in [0.2, 0.25) is 0 Å². The van der Waals surface area contributed by atoms with E-state index < -0.39 is 12.6 Å². The average Bonchev–Trinajstić information content (AvgIpc) is 3.07. The Balaban J connectivity index is 1.59. The normalized spacial score (nSPS) is 10.5. The second-order valence-corrected chi connectivity index (χ2v) is 5.45. The molecule has 3 rings (SSSR count). The molecule has 0 saturated carbocycles. The van der Waals surface area contributed by atoms with Crippen molar-refractivity contribution in [2.75, 3.05) is 13.2 Å². The van der Waals surface area contributed by atoms with Gasteiger partial charge in [0.2, 0.25) is 0 Å². The van der Waals surface area contributed by atoms with Crippen molar-refractivity contribution in [3.8, 4) is 11.5 Å². The summed E-state index contributed by atoms with van der Waals surface area (Å²) in [5.41, 5.74) is 1.20. The van der Waals surface area contributed by atoms with E-state index in [1.54, 1.807) is 24.3 Å². The summed E-state index contributed by atoms with van der Waals surface area (Å²) in [5, 5.41) is 12.2. The van der Waals surface area contributed by atoms with Gasteiger partial charge in [0.1, 0.15) is 5.75 Å². The van der Waals surface area contributed by atoms with Crippen molar-refractivity contribution in [3.63, 3.8) is 0 Å². The van der Waals surface area contributed by atoms with E-state index in [4.69, 9.17) is 19.0 Å². The maximum atomic E-state index is 11.9. The Hall–Kier alpha value is -3.48. The van der Waals surface area contributed by atoms with Crippen LogP contribution in [0, 0.1) is 0 Å². The van der Waals surface area contributed by atoms with Gasteiger partial charge in [0.25, 0.3) is 5.91 Å². The van der Waals surface area contributed by atoms with Gasteiger partial charge < -0.3 is 24.3 Å². The molecule has 0 aliphatic carbocycles. The molecule has 1 heterocycles. The van der Waals surface area contributed by atoms with Crippen LogP contribution in [0.5, 0.6) is 11.5 Å². The van der Waals surface area contributed by atoms with E-state index in [9.17, 15) is 9.59 Å². The fourth-order valence-corrected chi connectivity index (χ4v) is 2.38. The molecule has 0 atom stereocenters. The van der Waals surface area contributed by atoms with Crippen molar-refractivity contribution in [2.24, 2.45) is 0 Å². The van der Waals surface area contributed by atoms with Crippen LogP contribution in [-0.4, -0.2) is 30.2 Å². The van der Waals surface area contributed by atoms with Crippen molar-refractivity contribution >= 4 is 22.8 Å². The number of para-hydroxylation sites is 2. The molecular weight excluding hydrogens is 338 g/mol. The summed E-state index contributed by atoms with van der Waals surface area (Å²) in [6.07, 6.45) is 1.51. The first-order valence-electron chi connectivity index (χ1n) is 7.91. The van der Waals surface area contributed by atoms with Gasteiger partial charge in [0.05, 0.1) is 6.26 Å². The van der Waals surface area contributed by atoms with Gasteiger partial charge in [0.15, 0.2) is 24.5 Å². The molecule has 7 heteroatoms. The summed E-state index contributed by atoms with van der Waals surface area (Å²) in [6, 6.07) is 14.2. The molecule has 2 aromatic carbocycles. The number of nitrogens with one attached hydrogen (secondary N) is 1. The molecule has 1 amide bonds. The molecule has 1 aromatic heterocycles. The predicted molar refractivity (Wildman–Crippen MR) is 93.1 cm³/mol. The maximum Gasteiger partial charge on any atom is 0.341 e. The van der Waals surface area contributed by atoms with Gasteiger partial charge in [-0.15, -0.1) is 0 Å². The SMILES string of the molecule is O=C(O)COc1cccc2c(CNC(=O)COc3ccccc3)coc12. The lowest BCUT2D eigenvalue weighted by Gasteiger charge is -2.07. The van der Waals surface area contributed by atoms with Crippen LogP contribution in [-0.2, 0) is 16.1 Å². The number of hydrogen-bond donors (Lipinski definition) is 2. The minimum absolute atomic E-state index is 0.0905. The van der Waals surface area contributed by atoms with Crippen LogP contribution in [0.25, 0.3) is 11.0 Å². The smallest absolute Gasteiger partial charge is 0.341 e. The van der Waals surface area contributed by atoms with Gasteiger partial charge in [0, 0.05) is 17.5 Å². The number of furan rings is 1. The minimum atomic E-state index is -1.07. The van der Waals surface area contributed by atoms with E-state index in [1.807, 2.05) is 24.3 Å². The molecule has 0 saturated heterocycles. The highest BCUT2D eigenvalue weighted by Gasteiger charge is 2.12. The summed E-state index contributed by atoms with van der Waals surface area (Å²) in [6.45, 7) is -0.290. The number of carbonyl (C=O) groups is 2. The third-order valence-electron chi connectivity index (χ3n) is 3.58. The molecule has 26 heavy (non-hydrogen) atoms. The Morgan fingerprint density at radius 3 is 2.58 bits per heavy atom. The van der Waals surface area contributed by atoms with Crippen LogP contribution in [0.4, 0.5) is 0 Å². The van der Waals surface area contributed by atoms with E-state index in [0.717, 1.165) is 10.9 Å². The molecule has 0 aliphatic rings. The molecule has 0 spiro atoms. The fourth-order valence-electron chi connectivity index (χ4n) is 2.38. The number of carboxylic acid groups (broad SMARTS) is 1. The van der Waals surface area contributed by atoms with Gasteiger partial charge in [-0.3, -0.25) is 4.79 Å². The number of carboxylic acids is 1. The average molecular weight is 355 g/mol. The van der Waals surface area contributed by atoms with Crippen molar-refractivity contribution < 1.29 is 28.6 Å². The molecule has 134 valence electrons. The van der Waals surface area contributed by atoms with Crippen molar-refractivity contribution in [3.05, 3.63) is 60.4 Å². The molecule has 0 radical (unpaired) electrons. The zero-order valence-electron chi connectivity index (χ0n) is 13.8. The standard InChI is InChI=1S/C19H17NO6/c21-17(11-24-14-5-2-1-3-6-14)20-9-13-10-26-19-15(13)7-4-8-16(19)25-12-18(22)23/h1-8,10H,9,11-12H2,(H,20,21)(H,22,23). The molecule has 0 bridgehead atoms. The number of carbonyl (C=O) groups excluding carboxylic acids is 1. The van der Waals surface area contributed by atoms with Crippen molar-refractivity contribution in [2.45, 2.75) is 6.54 Å². The number of ether oxygens (including phenoxy) is 2. The Bertz CT molecular complexity index is 903. The van der Waals surface area contributed by atoms with Gasteiger partial charge in [-0.05, 0) is 18.2 Å². The zero-order chi connectivity index (χ0) is 18.4. The van der Waals surface area contributed by atoms with Crippen LogP contribution >= 0.6 is 0 Å². The monoisotopic (exact) mass is 355 g/mol. The van der Waals surface area contributed by atoms with Gasteiger partial charge >= 0.3 is 5.97 Å². The molecule has 0 aliphatic heterocycles. The highest BCUT2D eigenvalue weighted by molar-refractivity contribution is 5.87. The van der Waals surface area contributed by atoms with E-state index in [-0.39, 0.29) is 19.1 Å². The summed E-state index contributed by atoms with van der Waals surface area (Å²) >= 11 is 0. The number of rotatable bonds is 8. The zero-order valence-corrected chi connectivity index (χ0v) is 13.8. The summed E-state index contributed by atoms with van der Waals surface area (Å²) in [7, 11) is 0. The second kappa shape index (κ2) is 8.06. The number of fused-ring (bicyclic) bond motifs is 1. The Morgan fingerprint density at radius 1 is 1.00 bits per heavy atom. The Labute approximate surface area is 149 Å². The van der Waals surface area contributed by atoms with Crippen molar-refractivity contribution in [1.29, 1.82) is 0 Å². The first kappa shape index (κ1) is 17.3. The van der Waals surface area contributed by atoms with Crippen LogP contribution in [0.1, 0.15) is 5.56 Å². The van der Waals surface area contributed by atoms with Gasteiger partial charge in [-0.25, -0.2) is 4.79 Å². The lowest BCUT2D eigenvalue weighted by Crippen LogP contribution is -2.28. The molecule has 2 N–H and O–H groups in total. The highest BCUT2D eigenvalue weighted by Crippen LogP contribution is 2.29. The highest BCUT2D eigenvalue weighted by atomic mass is 16.5. The number of benzene rings is 2. The number of aliphatic carboxylic acids is 1. The Morgan fingerprint density at radius 2 is 1.81 bits per heavy atom. The molecule has 7 nitrogen and oxygen atoms in total. The van der Waals surface area contributed by atoms with Crippen LogP contribution in [0.15, 0.2) is 59.2 Å². The van der Waals surface area contributed by atoms with E-state index in [2.05, 4.69) is 5.32 Å². The van der Waals surface area contributed by atoms with Gasteiger partial charge in [-0.2, -0.15) is 0 Å². The lowest BCUT2D eigenvalue weighted by atomic mass is 10.1. The quantitative estimate of drug-likeness (QED) is 0.644. The van der Waals surface area contributed by atoms with Gasteiger partial charge in [-0.1, -0.05) is 30.3 Å². The molecule has 0 unspecified atom stereocenters. The van der Waals surface area contributed by atoms with Crippen molar-refractivity contribution in [1.82, 2.24) is 5.32 Å². The third kappa shape index (κ3) is 4.32.